The molecule has 0 spiro atoms. The molecule has 2 heterocycles. The Hall–Kier alpha value is -1.75. The summed E-state index contributed by atoms with van der Waals surface area (Å²) in [5.74, 6) is 0. The number of nitrogens with zero attached hydrogens (tertiary/aromatic N) is 4. The molecular formula is C11H14N4O. The summed E-state index contributed by atoms with van der Waals surface area (Å²) in [6.07, 6.45) is 4.22. The second-order valence-electron chi connectivity index (χ2n) is 3.65. The van der Waals surface area contributed by atoms with Gasteiger partial charge in [-0.05, 0) is 19.9 Å². The highest BCUT2D eigenvalue weighted by Crippen LogP contribution is 2.22. The molecule has 0 aromatic carbocycles. The van der Waals surface area contributed by atoms with Crippen molar-refractivity contribution in [2.24, 2.45) is 0 Å². The monoisotopic (exact) mass is 220 g/mol. The van der Waals surface area contributed by atoms with Crippen LogP contribution in [0.15, 0.2) is 24.8 Å². The van der Waals surface area contributed by atoms with E-state index in [1.807, 2.05) is 13.8 Å². The van der Waals surface area contributed by atoms with E-state index < -0.39 is 6.56 Å². The summed E-state index contributed by atoms with van der Waals surface area (Å²) in [6, 6.07) is 1.85. The SMILES string of the molecule is [2H]C([2H])(O)c1cncnc1-c1ccnn1C(C)C. The van der Waals surface area contributed by atoms with Gasteiger partial charge in [-0.3, -0.25) is 4.68 Å². The minimum Gasteiger partial charge on any atom is -0.392 e. The van der Waals surface area contributed by atoms with Crippen molar-refractivity contribution >= 4 is 0 Å². The molecule has 16 heavy (non-hydrogen) atoms. The first-order valence-electron chi connectivity index (χ1n) is 5.98. The standard InChI is InChI=1S/C11H14N4O/c1-8(2)15-10(3-4-14-15)11-9(6-16)5-12-7-13-11/h3-5,7-8,16H,6H2,1-2H3/i6D2. The van der Waals surface area contributed by atoms with Gasteiger partial charge < -0.3 is 5.11 Å². The summed E-state index contributed by atoms with van der Waals surface area (Å²) >= 11 is 0. The molecule has 0 aliphatic heterocycles. The molecule has 0 fully saturated rings. The van der Waals surface area contributed by atoms with Crippen LogP contribution < -0.4 is 0 Å². The average Bonchev–Trinajstić information content (AvgIpc) is 2.76. The second-order valence-corrected chi connectivity index (χ2v) is 3.65. The van der Waals surface area contributed by atoms with Crippen molar-refractivity contribution in [1.82, 2.24) is 19.7 Å². The lowest BCUT2D eigenvalue weighted by Gasteiger charge is -2.11. The van der Waals surface area contributed by atoms with Gasteiger partial charge >= 0.3 is 0 Å². The fourth-order valence-electron chi connectivity index (χ4n) is 1.53. The third-order valence-corrected chi connectivity index (χ3v) is 2.23. The normalized spacial score (nSPS) is 13.8. The van der Waals surface area contributed by atoms with Gasteiger partial charge in [0.05, 0.1) is 20.7 Å². The van der Waals surface area contributed by atoms with Crippen molar-refractivity contribution in [3.63, 3.8) is 0 Å². The molecule has 5 heteroatoms. The van der Waals surface area contributed by atoms with E-state index >= 15 is 0 Å². The van der Waals surface area contributed by atoms with Crippen LogP contribution in [-0.2, 0) is 6.56 Å². The van der Waals surface area contributed by atoms with E-state index in [0.29, 0.717) is 11.4 Å². The van der Waals surface area contributed by atoms with Gasteiger partial charge in [-0.15, -0.1) is 0 Å². The molecule has 5 nitrogen and oxygen atoms in total. The van der Waals surface area contributed by atoms with Crippen molar-refractivity contribution in [3.05, 3.63) is 30.4 Å². The molecule has 84 valence electrons. The molecule has 0 bridgehead atoms. The topological polar surface area (TPSA) is 63.8 Å². The summed E-state index contributed by atoms with van der Waals surface area (Å²) in [6.45, 7) is 1.44. The van der Waals surface area contributed by atoms with E-state index in [1.165, 1.54) is 12.5 Å². The van der Waals surface area contributed by atoms with Crippen molar-refractivity contribution in [3.8, 4) is 11.4 Å². The van der Waals surface area contributed by atoms with Crippen LogP contribution in [0.2, 0.25) is 0 Å². The highest BCUT2D eigenvalue weighted by Gasteiger charge is 2.12. The zero-order valence-corrected chi connectivity index (χ0v) is 9.12. The van der Waals surface area contributed by atoms with Crippen LogP contribution in [0.5, 0.6) is 0 Å². The predicted molar refractivity (Wildman–Crippen MR) is 59.6 cm³/mol. The summed E-state index contributed by atoms with van der Waals surface area (Å²) in [5.41, 5.74) is 1.04. The largest absolute Gasteiger partial charge is 0.392 e. The van der Waals surface area contributed by atoms with Crippen LogP contribution in [0.3, 0.4) is 0 Å². The Morgan fingerprint density at radius 3 is 3.06 bits per heavy atom. The molecule has 0 atom stereocenters. The van der Waals surface area contributed by atoms with Gasteiger partial charge in [0.1, 0.15) is 6.33 Å². The molecule has 0 amide bonds. The highest BCUT2D eigenvalue weighted by molar-refractivity contribution is 5.58. The van der Waals surface area contributed by atoms with E-state index in [2.05, 4.69) is 15.1 Å². The zero-order valence-electron chi connectivity index (χ0n) is 11.1. The number of aliphatic hydroxyl groups is 1. The summed E-state index contributed by atoms with van der Waals surface area (Å²) in [4.78, 5) is 7.81. The van der Waals surface area contributed by atoms with Crippen LogP contribution in [0.4, 0.5) is 0 Å². The van der Waals surface area contributed by atoms with Crippen molar-refractivity contribution < 1.29 is 7.85 Å². The highest BCUT2D eigenvalue weighted by atomic mass is 16.3. The molecule has 0 aliphatic rings. The fourth-order valence-corrected chi connectivity index (χ4v) is 1.53. The molecule has 2 rings (SSSR count). The second kappa shape index (κ2) is 4.40. The van der Waals surface area contributed by atoms with Gasteiger partial charge in [0.15, 0.2) is 0 Å². The Bertz CT molecular complexity index is 548. The minimum absolute atomic E-state index is 0.0346. The fraction of sp³-hybridized carbons (Fsp3) is 0.364. The lowest BCUT2D eigenvalue weighted by molar-refractivity contribution is 0.281. The van der Waals surface area contributed by atoms with Crippen LogP contribution >= 0.6 is 0 Å². The Morgan fingerprint density at radius 2 is 2.38 bits per heavy atom. The Morgan fingerprint density at radius 1 is 1.56 bits per heavy atom. The number of hydrogen-bond donors (Lipinski definition) is 1. The van der Waals surface area contributed by atoms with Crippen molar-refractivity contribution in [1.29, 1.82) is 0 Å². The van der Waals surface area contributed by atoms with Crippen LogP contribution in [-0.4, -0.2) is 24.9 Å². The molecule has 1 N–H and O–H groups in total. The molecule has 2 aromatic heterocycles. The van der Waals surface area contributed by atoms with Crippen LogP contribution in [0, 0.1) is 0 Å². The minimum atomic E-state index is -2.48. The van der Waals surface area contributed by atoms with E-state index in [0.717, 1.165) is 0 Å². The maximum absolute atomic E-state index is 9.52. The van der Waals surface area contributed by atoms with Crippen LogP contribution in [0.1, 0.15) is 28.2 Å². The Labute approximate surface area is 96.6 Å². The molecule has 0 aliphatic carbocycles. The number of aromatic nitrogens is 4. The number of hydrogen-bond acceptors (Lipinski definition) is 4. The Kier molecular flexibility index (Phi) is 2.31. The van der Waals surface area contributed by atoms with Crippen molar-refractivity contribution in [2.45, 2.75) is 26.4 Å². The lowest BCUT2D eigenvalue weighted by atomic mass is 10.2. The van der Waals surface area contributed by atoms with Gasteiger partial charge in [0.2, 0.25) is 0 Å². The molecule has 0 saturated carbocycles. The molecule has 0 radical (unpaired) electrons. The lowest BCUT2D eigenvalue weighted by Crippen LogP contribution is -2.06. The first-order chi connectivity index (χ1) is 8.41. The Balaban J connectivity index is 2.61. The van der Waals surface area contributed by atoms with Gasteiger partial charge in [0, 0.05) is 24.0 Å². The van der Waals surface area contributed by atoms with E-state index in [4.69, 9.17) is 2.74 Å². The van der Waals surface area contributed by atoms with Crippen LogP contribution in [0.25, 0.3) is 11.4 Å². The predicted octanol–water partition coefficient (Wildman–Crippen LogP) is 1.41. The van der Waals surface area contributed by atoms with E-state index in [-0.39, 0.29) is 11.6 Å². The van der Waals surface area contributed by atoms with Gasteiger partial charge in [-0.25, -0.2) is 9.97 Å². The van der Waals surface area contributed by atoms with Gasteiger partial charge in [0.25, 0.3) is 0 Å². The summed E-state index contributed by atoms with van der Waals surface area (Å²) in [5, 5.41) is 13.7. The zero-order chi connectivity index (χ0) is 13.3. The molecule has 0 unspecified atom stereocenters. The third-order valence-electron chi connectivity index (χ3n) is 2.23. The third kappa shape index (κ3) is 1.81. The molecule has 0 saturated heterocycles. The maximum Gasteiger partial charge on any atom is 0.116 e. The van der Waals surface area contributed by atoms with Crippen molar-refractivity contribution in [2.75, 3.05) is 0 Å². The number of rotatable bonds is 3. The quantitative estimate of drug-likeness (QED) is 0.849. The first kappa shape index (κ1) is 8.41. The first-order valence-corrected chi connectivity index (χ1v) is 4.98. The molecule has 2 aromatic rings. The van der Waals surface area contributed by atoms with E-state index in [9.17, 15) is 5.11 Å². The smallest absolute Gasteiger partial charge is 0.116 e. The van der Waals surface area contributed by atoms with Gasteiger partial charge in [-0.1, -0.05) is 0 Å². The van der Waals surface area contributed by atoms with Gasteiger partial charge in [-0.2, -0.15) is 5.10 Å². The molecular weight excluding hydrogens is 204 g/mol. The van der Waals surface area contributed by atoms with E-state index in [1.54, 1.807) is 16.9 Å². The summed E-state index contributed by atoms with van der Waals surface area (Å²) < 4.78 is 16.5. The maximum atomic E-state index is 9.52. The average molecular weight is 220 g/mol. The summed E-state index contributed by atoms with van der Waals surface area (Å²) in [7, 11) is 0.